The van der Waals surface area contributed by atoms with Crippen LogP contribution in [0.4, 0.5) is 0 Å². The van der Waals surface area contributed by atoms with E-state index in [-0.39, 0.29) is 41.7 Å². The molecule has 0 atom stereocenters. The monoisotopic (exact) mass is 273 g/mol. The molecule has 0 fully saturated rings. The third-order valence-corrected chi connectivity index (χ3v) is 2.70. The summed E-state index contributed by atoms with van der Waals surface area (Å²) in [4.78, 5) is 39.3. The summed E-state index contributed by atoms with van der Waals surface area (Å²) in [6, 6.07) is 1.29. The standard InChI is InChI=1S/C11H13N3O4.Na/c15-9-4-8(12-11(18)13-9)6-14-3-1-2-7(5-14)10(16)17;/h2,4H,1,3,5-6H2,(H,16,17)(H2,12,13,15,18);/q;+1/p-1. The van der Waals surface area contributed by atoms with Crippen molar-refractivity contribution in [1.82, 2.24) is 14.9 Å². The number of nitrogens with zero attached hydrogens (tertiary/aromatic N) is 1. The second-order valence-corrected chi connectivity index (χ2v) is 4.13. The molecule has 0 radical (unpaired) electrons. The van der Waals surface area contributed by atoms with Crippen molar-refractivity contribution < 1.29 is 39.5 Å². The minimum Gasteiger partial charge on any atom is -0.545 e. The zero-order valence-electron chi connectivity index (χ0n) is 10.6. The normalized spacial score (nSPS) is 15.5. The van der Waals surface area contributed by atoms with E-state index in [1.807, 2.05) is 4.90 Å². The Hall–Kier alpha value is -1.15. The number of aliphatic carboxylic acids is 1. The summed E-state index contributed by atoms with van der Waals surface area (Å²) in [5.41, 5.74) is -0.344. The molecule has 2 heterocycles. The van der Waals surface area contributed by atoms with Crippen LogP contribution in [-0.4, -0.2) is 33.9 Å². The van der Waals surface area contributed by atoms with Gasteiger partial charge in [-0.3, -0.25) is 14.7 Å². The molecule has 0 saturated carbocycles. The van der Waals surface area contributed by atoms with Gasteiger partial charge in [-0.05, 0) is 12.0 Å². The van der Waals surface area contributed by atoms with E-state index in [9.17, 15) is 19.5 Å². The Labute approximate surface area is 130 Å². The van der Waals surface area contributed by atoms with Crippen molar-refractivity contribution in [2.45, 2.75) is 13.0 Å². The molecule has 1 aromatic rings. The summed E-state index contributed by atoms with van der Waals surface area (Å²) in [5.74, 6) is -1.18. The van der Waals surface area contributed by atoms with E-state index in [0.717, 1.165) is 0 Å². The van der Waals surface area contributed by atoms with Crippen LogP contribution in [0.25, 0.3) is 0 Å². The number of hydrogen-bond acceptors (Lipinski definition) is 5. The fourth-order valence-electron chi connectivity index (χ4n) is 1.93. The van der Waals surface area contributed by atoms with Crippen molar-refractivity contribution in [2.24, 2.45) is 0 Å². The van der Waals surface area contributed by atoms with Crippen LogP contribution in [0.3, 0.4) is 0 Å². The zero-order valence-corrected chi connectivity index (χ0v) is 12.6. The quantitative estimate of drug-likeness (QED) is 0.536. The summed E-state index contributed by atoms with van der Waals surface area (Å²) in [5, 5.41) is 10.7. The molecule has 1 aliphatic heterocycles. The maximum absolute atomic E-state index is 11.1. The van der Waals surface area contributed by atoms with Crippen LogP contribution < -0.4 is 45.9 Å². The van der Waals surface area contributed by atoms with Gasteiger partial charge in [0.25, 0.3) is 5.56 Å². The van der Waals surface area contributed by atoms with E-state index in [1.165, 1.54) is 6.07 Å². The number of H-pyrrole nitrogens is 2. The van der Waals surface area contributed by atoms with Crippen molar-refractivity contribution in [2.75, 3.05) is 13.1 Å². The SMILES string of the molecule is O=C([O-])C1=CCCN(Cc2cc(=O)[nH]c(=O)[nH]2)C1.[Na+]. The summed E-state index contributed by atoms with van der Waals surface area (Å²) < 4.78 is 0. The van der Waals surface area contributed by atoms with Crippen molar-refractivity contribution >= 4 is 5.97 Å². The summed E-state index contributed by atoms with van der Waals surface area (Å²) >= 11 is 0. The third kappa shape index (κ3) is 4.46. The number of nitrogens with one attached hydrogen (secondary N) is 2. The van der Waals surface area contributed by atoms with Crippen LogP contribution in [0.15, 0.2) is 27.3 Å². The predicted octanol–water partition coefficient (Wildman–Crippen LogP) is -5.05. The Morgan fingerprint density at radius 1 is 1.37 bits per heavy atom. The van der Waals surface area contributed by atoms with Gasteiger partial charge in [-0.2, -0.15) is 0 Å². The van der Waals surface area contributed by atoms with Crippen LogP contribution in [-0.2, 0) is 11.3 Å². The Bertz CT molecular complexity index is 576. The van der Waals surface area contributed by atoms with Crippen molar-refractivity contribution in [3.8, 4) is 0 Å². The summed E-state index contributed by atoms with van der Waals surface area (Å²) in [7, 11) is 0. The molecule has 0 aromatic carbocycles. The van der Waals surface area contributed by atoms with Crippen LogP contribution in [0.2, 0.25) is 0 Å². The average Bonchev–Trinajstić information content (AvgIpc) is 2.27. The van der Waals surface area contributed by atoms with E-state index < -0.39 is 17.2 Å². The molecule has 0 amide bonds. The van der Waals surface area contributed by atoms with Gasteiger partial charge in [-0.15, -0.1) is 0 Å². The first kappa shape index (κ1) is 15.9. The van der Waals surface area contributed by atoms with Gasteiger partial charge in [0, 0.05) is 31.4 Å². The zero-order chi connectivity index (χ0) is 13.1. The van der Waals surface area contributed by atoms with Gasteiger partial charge in [0.05, 0.1) is 5.97 Å². The number of aromatic nitrogens is 2. The van der Waals surface area contributed by atoms with Crippen LogP contribution in [0.1, 0.15) is 12.1 Å². The number of carboxylic acid groups (broad SMARTS) is 1. The molecular weight excluding hydrogens is 261 g/mol. The maximum atomic E-state index is 11.1. The molecule has 0 bridgehead atoms. The Balaban J connectivity index is 0.00000180. The maximum Gasteiger partial charge on any atom is 1.00 e. The summed E-state index contributed by atoms with van der Waals surface area (Å²) in [6.07, 6.45) is 2.24. The van der Waals surface area contributed by atoms with E-state index in [1.54, 1.807) is 6.08 Å². The number of hydrogen-bond donors (Lipinski definition) is 2. The van der Waals surface area contributed by atoms with Gasteiger partial charge in [0.15, 0.2) is 0 Å². The van der Waals surface area contributed by atoms with Gasteiger partial charge in [0.2, 0.25) is 0 Å². The van der Waals surface area contributed by atoms with Gasteiger partial charge < -0.3 is 14.9 Å². The number of carboxylic acids is 1. The van der Waals surface area contributed by atoms with E-state index in [4.69, 9.17) is 0 Å². The van der Waals surface area contributed by atoms with Crippen LogP contribution >= 0.6 is 0 Å². The smallest absolute Gasteiger partial charge is 0.545 e. The van der Waals surface area contributed by atoms with Crippen molar-refractivity contribution in [3.63, 3.8) is 0 Å². The number of carbonyl (C=O) groups is 1. The fourth-order valence-corrected chi connectivity index (χ4v) is 1.93. The largest absolute Gasteiger partial charge is 1.00 e. The molecule has 0 aliphatic carbocycles. The van der Waals surface area contributed by atoms with Crippen LogP contribution in [0.5, 0.6) is 0 Å². The fraction of sp³-hybridized carbons (Fsp3) is 0.364. The predicted molar refractivity (Wildman–Crippen MR) is 60.7 cm³/mol. The average molecular weight is 273 g/mol. The molecule has 1 aromatic heterocycles. The first-order valence-electron chi connectivity index (χ1n) is 5.50. The van der Waals surface area contributed by atoms with Gasteiger partial charge >= 0.3 is 35.2 Å². The molecule has 1 aliphatic rings. The Morgan fingerprint density at radius 2 is 2.11 bits per heavy atom. The van der Waals surface area contributed by atoms with Gasteiger partial charge in [-0.1, -0.05) is 6.08 Å². The molecule has 96 valence electrons. The first-order valence-corrected chi connectivity index (χ1v) is 5.50. The van der Waals surface area contributed by atoms with E-state index in [0.29, 0.717) is 25.2 Å². The van der Waals surface area contributed by atoms with E-state index >= 15 is 0 Å². The minimum absolute atomic E-state index is 0. The molecule has 0 unspecified atom stereocenters. The number of rotatable bonds is 3. The molecular formula is C11H12N3NaO4. The van der Waals surface area contributed by atoms with Crippen molar-refractivity contribution in [1.29, 1.82) is 0 Å². The van der Waals surface area contributed by atoms with E-state index in [2.05, 4.69) is 9.97 Å². The topological polar surface area (TPSA) is 109 Å². The molecule has 2 N–H and O–H groups in total. The van der Waals surface area contributed by atoms with Crippen LogP contribution in [0, 0.1) is 0 Å². The number of carbonyl (C=O) groups excluding carboxylic acids is 1. The van der Waals surface area contributed by atoms with Gasteiger partial charge in [-0.25, -0.2) is 4.79 Å². The second-order valence-electron chi connectivity index (χ2n) is 4.13. The summed E-state index contributed by atoms with van der Waals surface area (Å²) in [6.45, 7) is 1.24. The molecule has 0 saturated heterocycles. The molecule has 7 nitrogen and oxygen atoms in total. The minimum atomic E-state index is -1.18. The Kier molecular flexibility index (Phi) is 5.74. The molecule has 2 rings (SSSR count). The molecule has 0 spiro atoms. The molecule has 19 heavy (non-hydrogen) atoms. The first-order chi connectivity index (χ1) is 8.54. The third-order valence-electron chi connectivity index (χ3n) is 2.70. The van der Waals surface area contributed by atoms with Crippen molar-refractivity contribution in [3.05, 3.63) is 44.2 Å². The van der Waals surface area contributed by atoms with Gasteiger partial charge in [0.1, 0.15) is 0 Å². The number of aromatic amines is 2. The second kappa shape index (κ2) is 6.85. The Morgan fingerprint density at radius 3 is 2.74 bits per heavy atom. The molecule has 8 heteroatoms.